The fourth-order valence-electron chi connectivity index (χ4n) is 3.35. The lowest BCUT2D eigenvalue weighted by Crippen LogP contribution is -2.14. The fraction of sp³-hybridized carbons (Fsp3) is 0.0385. The first-order valence-corrected chi connectivity index (χ1v) is 10.4. The Balaban J connectivity index is 1.48. The van der Waals surface area contributed by atoms with Gasteiger partial charge in [0.2, 0.25) is 0 Å². The summed E-state index contributed by atoms with van der Waals surface area (Å²) in [6.07, 6.45) is 1.41. The van der Waals surface area contributed by atoms with Gasteiger partial charge in [-0.25, -0.2) is 0 Å². The number of halogens is 1. The van der Waals surface area contributed by atoms with E-state index in [-0.39, 0.29) is 11.7 Å². The van der Waals surface area contributed by atoms with Crippen molar-refractivity contribution >= 4 is 34.8 Å². The van der Waals surface area contributed by atoms with Gasteiger partial charge in [-0.15, -0.1) is 0 Å². The number of benzene rings is 3. The predicted molar refractivity (Wildman–Crippen MR) is 126 cm³/mol. The van der Waals surface area contributed by atoms with Crippen LogP contribution in [0.5, 0.6) is 0 Å². The molecule has 4 rings (SSSR count). The van der Waals surface area contributed by atoms with Gasteiger partial charge in [0.1, 0.15) is 0 Å². The highest BCUT2D eigenvalue weighted by Gasteiger charge is 2.17. The third-order valence-corrected chi connectivity index (χ3v) is 5.29. The molecule has 2 amide bonds. The maximum absolute atomic E-state index is 12.8. The average Bonchev–Trinajstić information content (AvgIpc) is 3.37. The van der Waals surface area contributed by atoms with Crippen molar-refractivity contribution in [2.24, 2.45) is 0 Å². The minimum absolute atomic E-state index is 0.172. The Bertz CT molecular complexity index is 1330. The molecule has 33 heavy (non-hydrogen) atoms. The summed E-state index contributed by atoms with van der Waals surface area (Å²) in [7, 11) is 0. The Kier molecular flexibility index (Phi) is 6.53. The van der Waals surface area contributed by atoms with Gasteiger partial charge in [0.15, 0.2) is 5.76 Å². The van der Waals surface area contributed by atoms with Gasteiger partial charge < -0.3 is 15.1 Å². The zero-order chi connectivity index (χ0) is 23.2. The molecule has 0 spiro atoms. The van der Waals surface area contributed by atoms with Crippen molar-refractivity contribution in [1.82, 2.24) is 0 Å². The van der Waals surface area contributed by atoms with E-state index in [9.17, 15) is 14.9 Å². The van der Waals surface area contributed by atoms with Crippen molar-refractivity contribution in [3.8, 4) is 6.07 Å². The molecule has 0 aliphatic carbocycles. The number of rotatable bonds is 6. The number of amides is 2. The topological polar surface area (TPSA) is 95.1 Å². The molecule has 0 radical (unpaired) electrons. The molecule has 6 nitrogen and oxygen atoms in total. The first kappa shape index (κ1) is 21.9. The number of carbonyl (C=O) groups is 2. The highest BCUT2D eigenvalue weighted by Crippen LogP contribution is 2.32. The molecular weight excluding hydrogens is 438 g/mol. The van der Waals surface area contributed by atoms with E-state index >= 15 is 0 Å². The first-order chi connectivity index (χ1) is 16.0. The van der Waals surface area contributed by atoms with Crippen LogP contribution in [0.4, 0.5) is 11.4 Å². The van der Waals surface area contributed by atoms with Crippen molar-refractivity contribution in [2.75, 3.05) is 10.6 Å². The van der Waals surface area contributed by atoms with Crippen LogP contribution < -0.4 is 10.6 Å². The fourth-order valence-corrected chi connectivity index (χ4v) is 3.64. The highest BCUT2D eigenvalue weighted by atomic mass is 35.5. The van der Waals surface area contributed by atoms with Gasteiger partial charge in [0, 0.05) is 22.0 Å². The van der Waals surface area contributed by atoms with Gasteiger partial charge in [0.05, 0.1) is 18.3 Å². The number of anilines is 2. The van der Waals surface area contributed by atoms with Crippen LogP contribution in [-0.2, 0) is 0 Å². The number of nitriles is 1. The molecule has 0 aliphatic heterocycles. The molecule has 1 aromatic heterocycles. The van der Waals surface area contributed by atoms with Crippen LogP contribution in [0.25, 0.3) is 0 Å². The Morgan fingerprint density at radius 3 is 2.30 bits per heavy atom. The molecule has 1 atom stereocenters. The van der Waals surface area contributed by atoms with Crippen molar-refractivity contribution in [2.45, 2.75) is 5.92 Å². The average molecular weight is 456 g/mol. The van der Waals surface area contributed by atoms with E-state index in [1.54, 1.807) is 54.6 Å². The maximum atomic E-state index is 12.8. The highest BCUT2D eigenvalue weighted by molar-refractivity contribution is 6.32. The Labute approximate surface area is 195 Å². The maximum Gasteiger partial charge on any atom is 0.291 e. The van der Waals surface area contributed by atoms with Crippen LogP contribution in [0.1, 0.15) is 38.0 Å². The lowest BCUT2D eigenvalue weighted by molar-refractivity contribution is 0.0993. The second-order valence-corrected chi connectivity index (χ2v) is 7.58. The molecule has 0 aliphatic rings. The normalized spacial score (nSPS) is 11.3. The van der Waals surface area contributed by atoms with Gasteiger partial charge >= 0.3 is 0 Å². The Morgan fingerprint density at radius 1 is 0.848 bits per heavy atom. The zero-order valence-corrected chi connectivity index (χ0v) is 18.0. The third kappa shape index (κ3) is 5.12. The van der Waals surface area contributed by atoms with Crippen LogP contribution in [-0.4, -0.2) is 11.8 Å². The minimum Gasteiger partial charge on any atom is -0.459 e. The van der Waals surface area contributed by atoms with Crippen LogP contribution >= 0.6 is 11.6 Å². The smallest absolute Gasteiger partial charge is 0.291 e. The van der Waals surface area contributed by atoms with Crippen LogP contribution in [0, 0.1) is 11.3 Å². The van der Waals surface area contributed by atoms with E-state index in [2.05, 4.69) is 16.7 Å². The van der Waals surface area contributed by atoms with Gasteiger partial charge in [-0.1, -0.05) is 54.1 Å². The number of furan rings is 1. The van der Waals surface area contributed by atoms with Crippen LogP contribution in [0.2, 0.25) is 5.02 Å². The Morgan fingerprint density at radius 2 is 1.61 bits per heavy atom. The van der Waals surface area contributed by atoms with Crippen molar-refractivity contribution in [3.63, 3.8) is 0 Å². The summed E-state index contributed by atoms with van der Waals surface area (Å²) in [5, 5.41) is 15.5. The van der Waals surface area contributed by atoms with E-state index in [4.69, 9.17) is 16.0 Å². The molecule has 4 aromatic rings. The van der Waals surface area contributed by atoms with Crippen molar-refractivity contribution in [3.05, 3.63) is 119 Å². The summed E-state index contributed by atoms with van der Waals surface area (Å²) in [5.41, 5.74) is 2.80. The molecule has 0 saturated heterocycles. The molecule has 1 unspecified atom stereocenters. The predicted octanol–water partition coefficient (Wildman–Crippen LogP) is 6.09. The summed E-state index contributed by atoms with van der Waals surface area (Å²) >= 11 is 6.45. The summed E-state index contributed by atoms with van der Waals surface area (Å²) in [5.74, 6) is -1.12. The lowest BCUT2D eigenvalue weighted by Gasteiger charge is -2.14. The number of hydrogen-bond donors (Lipinski definition) is 2. The SMILES string of the molecule is N#CC(c1ccccc1)c1ccc(NC(=O)c2cccc(NC(=O)c3ccco3)c2)cc1Cl. The number of hydrogen-bond acceptors (Lipinski definition) is 4. The second kappa shape index (κ2) is 9.86. The van der Waals surface area contributed by atoms with Gasteiger partial charge in [-0.05, 0) is 53.6 Å². The molecule has 1 heterocycles. The third-order valence-electron chi connectivity index (χ3n) is 4.96. The molecule has 7 heteroatoms. The summed E-state index contributed by atoms with van der Waals surface area (Å²) in [6, 6.07) is 26.4. The second-order valence-electron chi connectivity index (χ2n) is 7.18. The van der Waals surface area contributed by atoms with Crippen molar-refractivity contribution in [1.29, 1.82) is 5.26 Å². The minimum atomic E-state index is -0.516. The van der Waals surface area contributed by atoms with E-state index in [0.717, 1.165) is 5.56 Å². The largest absolute Gasteiger partial charge is 0.459 e. The summed E-state index contributed by atoms with van der Waals surface area (Å²) in [6.45, 7) is 0. The zero-order valence-electron chi connectivity index (χ0n) is 17.3. The van der Waals surface area contributed by atoms with Gasteiger partial charge in [0.25, 0.3) is 11.8 Å². The number of nitrogens with zero attached hydrogens (tertiary/aromatic N) is 1. The number of nitrogens with one attached hydrogen (secondary N) is 2. The standard InChI is InChI=1S/C26H18ClN3O3/c27-23-15-20(11-12-21(23)22(16-28)17-6-2-1-3-7-17)29-25(31)18-8-4-9-19(14-18)30-26(32)24-10-5-13-33-24/h1-15,22H,(H,29,31)(H,30,32). The molecule has 162 valence electrons. The molecule has 0 bridgehead atoms. The van der Waals surface area contributed by atoms with E-state index in [0.29, 0.717) is 27.5 Å². The molecule has 0 fully saturated rings. The molecule has 3 aromatic carbocycles. The van der Waals surface area contributed by atoms with Crippen molar-refractivity contribution < 1.29 is 14.0 Å². The van der Waals surface area contributed by atoms with E-state index in [1.165, 1.54) is 6.26 Å². The lowest BCUT2D eigenvalue weighted by atomic mass is 9.92. The van der Waals surface area contributed by atoms with Gasteiger partial charge in [-0.2, -0.15) is 5.26 Å². The number of carbonyl (C=O) groups excluding carboxylic acids is 2. The quantitative estimate of drug-likeness (QED) is 0.367. The van der Waals surface area contributed by atoms with E-state index in [1.807, 2.05) is 30.3 Å². The molecule has 0 saturated carbocycles. The Hall–Kier alpha value is -4.34. The van der Waals surface area contributed by atoms with Crippen LogP contribution in [0.3, 0.4) is 0 Å². The van der Waals surface area contributed by atoms with Crippen LogP contribution in [0.15, 0.2) is 95.6 Å². The summed E-state index contributed by atoms with van der Waals surface area (Å²) in [4.78, 5) is 24.9. The van der Waals surface area contributed by atoms with E-state index < -0.39 is 11.8 Å². The monoisotopic (exact) mass is 455 g/mol. The first-order valence-electron chi connectivity index (χ1n) is 10.1. The summed E-state index contributed by atoms with van der Waals surface area (Å²) < 4.78 is 5.07. The van der Waals surface area contributed by atoms with Gasteiger partial charge in [-0.3, -0.25) is 9.59 Å². The molecular formula is C26H18ClN3O3. The molecule has 2 N–H and O–H groups in total.